The Kier molecular flexibility index (Phi) is 5.87. The largest absolute Gasteiger partial charge is 0.494 e. The third kappa shape index (κ3) is 6.41. The van der Waals surface area contributed by atoms with Gasteiger partial charge in [-0.15, -0.1) is 11.6 Å². The van der Waals surface area contributed by atoms with Gasteiger partial charge in [0.2, 0.25) is 0 Å². The summed E-state index contributed by atoms with van der Waals surface area (Å²) in [7, 11) is 0. The first kappa shape index (κ1) is 14.7. The molecule has 0 spiro atoms. The SMILES string of the molecule is FC(F)(F)CCCOc1cccc(C#CCCl)c1. The molecule has 0 radical (unpaired) electrons. The second-order valence-electron chi connectivity index (χ2n) is 3.53. The van der Waals surface area contributed by atoms with Crippen molar-refractivity contribution in [2.45, 2.75) is 19.0 Å². The van der Waals surface area contributed by atoms with Gasteiger partial charge >= 0.3 is 6.18 Å². The van der Waals surface area contributed by atoms with Gasteiger partial charge in [-0.05, 0) is 24.6 Å². The maximum Gasteiger partial charge on any atom is 0.389 e. The van der Waals surface area contributed by atoms with Gasteiger partial charge in [-0.25, -0.2) is 0 Å². The third-order valence-electron chi connectivity index (χ3n) is 2.01. The molecule has 5 heteroatoms. The minimum atomic E-state index is -4.13. The fraction of sp³-hybridized carbons (Fsp3) is 0.385. The number of benzene rings is 1. The Bertz CT molecular complexity index is 432. The highest BCUT2D eigenvalue weighted by molar-refractivity contribution is 6.19. The van der Waals surface area contributed by atoms with Gasteiger partial charge in [0.05, 0.1) is 12.5 Å². The van der Waals surface area contributed by atoms with Crippen LogP contribution in [0.25, 0.3) is 0 Å². The van der Waals surface area contributed by atoms with Gasteiger partial charge in [-0.1, -0.05) is 17.9 Å². The number of hydrogen-bond acceptors (Lipinski definition) is 1. The van der Waals surface area contributed by atoms with Crippen molar-refractivity contribution in [3.8, 4) is 17.6 Å². The molecular weight excluding hydrogens is 265 g/mol. The highest BCUT2D eigenvalue weighted by Gasteiger charge is 2.26. The van der Waals surface area contributed by atoms with Crippen LogP contribution in [0.3, 0.4) is 0 Å². The summed E-state index contributed by atoms with van der Waals surface area (Å²) in [5.74, 6) is 6.24. The second kappa shape index (κ2) is 7.17. The second-order valence-corrected chi connectivity index (χ2v) is 3.80. The van der Waals surface area contributed by atoms with Crippen molar-refractivity contribution in [3.05, 3.63) is 29.8 Å². The molecule has 0 aliphatic carbocycles. The molecule has 0 saturated carbocycles. The smallest absolute Gasteiger partial charge is 0.389 e. The van der Waals surface area contributed by atoms with Crippen molar-refractivity contribution in [1.29, 1.82) is 0 Å². The predicted octanol–water partition coefficient (Wildman–Crippen LogP) is 4.00. The lowest BCUT2D eigenvalue weighted by atomic mass is 10.2. The highest BCUT2D eigenvalue weighted by Crippen LogP contribution is 2.21. The Morgan fingerprint density at radius 2 is 2.06 bits per heavy atom. The van der Waals surface area contributed by atoms with Gasteiger partial charge in [-0.3, -0.25) is 0 Å². The number of rotatable bonds is 4. The van der Waals surface area contributed by atoms with Crippen LogP contribution in [0.15, 0.2) is 24.3 Å². The first-order valence-corrected chi connectivity index (χ1v) is 5.89. The first-order valence-electron chi connectivity index (χ1n) is 5.36. The summed E-state index contributed by atoms with van der Waals surface area (Å²) in [6.07, 6.45) is -5.02. The molecule has 1 nitrogen and oxygen atoms in total. The summed E-state index contributed by atoms with van der Waals surface area (Å²) in [6.45, 7) is 0.0336. The molecule has 0 fully saturated rings. The fourth-order valence-corrected chi connectivity index (χ4v) is 1.33. The van der Waals surface area contributed by atoms with Crippen LogP contribution in [0.2, 0.25) is 0 Å². The van der Waals surface area contributed by atoms with E-state index < -0.39 is 12.6 Å². The molecular formula is C13H12ClF3O. The van der Waals surface area contributed by atoms with Crippen molar-refractivity contribution in [3.63, 3.8) is 0 Å². The predicted molar refractivity (Wildman–Crippen MR) is 64.8 cm³/mol. The summed E-state index contributed by atoms with van der Waals surface area (Å²) in [6, 6.07) is 6.87. The Hall–Kier alpha value is -1.34. The van der Waals surface area contributed by atoms with Crippen molar-refractivity contribution in [2.24, 2.45) is 0 Å². The molecule has 0 aliphatic heterocycles. The number of halogens is 4. The molecule has 98 valence electrons. The lowest BCUT2D eigenvalue weighted by Crippen LogP contribution is -2.09. The van der Waals surface area contributed by atoms with Gasteiger partial charge in [0.25, 0.3) is 0 Å². The van der Waals surface area contributed by atoms with Crippen LogP contribution < -0.4 is 4.74 Å². The molecule has 0 saturated heterocycles. The molecule has 1 rings (SSSR count). The van der Waals surface area contributed by atoms with E-state index >= 15 is 0 Å². The van der Waals surface area contributed by atoms with Gasteiger partial charge in [0.15, 0.2) is 0 Å². The van der Waals surface area contributed by atoms with E-state index in [0.717, 1.165) is 5.56 Å². The lowest BCUT2D eigenvalue weighted by Gasteiger charge is -2.08. The first-order chi connectivity index (χ1) is 8.51. The van der Waals surface area contributed by atoms with Crippen LogP contribution in [0.1, 0.15) is 18.4 Å². The van der Waals surface area contributed by atoms with E-state index in [2.05, 4.69) is 11.8 Å². The normalized spacial score (nSPS) is 10.7. The maximum atomic E-state index is 11.9. The van der Waals surface area contributed by atoms with Gasteiger partial charge in [0, 0.05) is 12.0 Å². The van der Waals surface area contributed by atoms with E-state index in [0.29, 0.717) is 5.75 Å². The summed E-state index contributed by atoms with van der Waals surface area (Å²) in [5.41, 5.74) is 0.726. The van der Waals surface area contributed by atoms with E-state index in [-0.39, 0.29) is 18.9 Å². The van der Waals surface area contributed by atoms with Crippen molar-refractivity contribution in [2.75, 3.05) is 12.5 Å². The molecule has 0 unspecified atom stereocenters. The molecule has 0 bridgehead atoms. The highest BCUT2D eigenvalue weighted by atomic mass is 35.5. The van der Waals surface area contributed by atoms with Crippen molar-refractivity contribution >= 4 is 11.6 Å². The number of ether oxygens (including phenoxy) is 1. The van der Waals surface area contributed by atoms with Crippen LogP contribution >= 0.6 is 11.6 Å². The molecule has 0 aliphatic rings. The molecule has 0 atom stereocenters. The van der Waals surface area contributed by atoms with Gasteiger partial charge in [0.1, 0.15) is 5.75 Å². The van der Waals surface area contributed by atoms with E-state index in [1.165, 1.54) is 0 Å². The number of alkyl halides is 4. The zero-order valence-electron chi connectivity index (χ0n) is 9.56. The Morgan fingerprint density at radius 3 is 2.72 bits per heavy atom. The van der Waals surface area contributed by atoms with E-state index in [1.54, 1.807) is 24.3 Å². The average molecular weight is 277 g/mol. The zero-order valence-corrected chi connectivity index (χ0v) is 10.3. The van der Waals surface area contributed by atoms with Crippen molar-refractivity contribution in [1.82, 2.24) is 0 Å². The van der Waals surface area contributed by atoms with Crippen molar-refractivity contribution < 1.29 is 17.9 Å². The minimum Gasteiger partial charge on any atom is -0.494 e. The van der Waals surface area contributed by atoms with Crippen LogP contribution in [0.4, 0.5) is 13.2 Å². The molecule has 0 amide bonds. The molecule has 0 heterocycles. The quantitative estimate of drug-likeness (QED) is 0.459. The monoisotopic (exact) mass is 276 g/mol. The van der Waals surface area contributed by atoms with Crippen LogP contribution in [-0.2, 0) is 0 Å². The average Bonchev–Trinajstić information content (AvgIpc) is 2.31. The van der Waals surface area contributed by atoms with E-state index in [1.807, 2.05) is 0 Å². The summed E-state index contributed by atoms with van der Waals surface area (Å²) >= 11 is 5.42. The molecule has 0 N–H and O–H groups in total. The molecule has 18 heavy (non-hydrogen) atoms. The zero-order chi connectivity index (χ0) is 13.4. The van der Waals surface area contributed by atoms with Gasteiger partial charge in [-0.2, -0.15) is 13.2 Å². The Morgan fingerprint density at radius 1 is 1.28 bits per heavy atom. The fourth-order valence-electron chi connectivity index (χ4n) is 1.26. The Labute approximate surface area is 109 Å². The summed E-state index contributed by atoms with van der Waals surface area (Å²) < 4.78 is 40.9. The topological polar surface area (TPSA) is 9.23 Å². The van der Waals surface area contributed by atoms with Crippen LogP contribution in [0.5, 0.6) is 5.75 Å². The third-order valence-corrected chi connectivity index (χ3v) is 2.14. The van der Waals surface area contributed by atoms with E-state index in [9.17, 15) is 13.2 Å². The Balaban J connectivity index is 2.43. The molecule has 1 aromatic carbocycles. The van der Waals surface area contributed by atoms with Gasteiger partial charge < -0.3 is 4.74 Å². The van der Waals surface area contributed by atoms with E-state index in [4.69, 9.17) is 16.3 Å². The molecule has 0 aromatic heterocycles. The minimum absolute atomic E-state index is 0.0336. The standard InChI is InChI=1S/C13H12ClF3O/c14-8-2-5-11-4-1-6-12(10-11)18-9-3-7-13(15,16)17/h1,4,6,10H,3,7-9H2. The lowest BCUT2D eigenvalue weighted by molar-refractivity contribution is -0.136. The molecule has 1 aromatic rings. The van der Waals surface area contributed by atoms with Crippen LogP contribution in [-0.4, -0.2) is 18.7 Å². The number of hydrogen-bond donors (Lipinski definition) is 0. The maximum absolute atomic E-state index is 11.9. The van der Waals surface area contributed by atoms with Crippen LogP contribution in [0, 0.1) is 11.8 Å². The summed E-state index contributed by atoms with van der Waals surface area (Å²) in [5, 5.41) is 0. The summed E-state index contributed by atoms with van der Waals surface area (Å²) in [4.78, 5) is 0.